The Morgan fingerprint density at radius 1 is 0.824 bits per heavy atom. The normalized spacial score (nSPS) is 15.0. The van der Waals surface area contributed by atoms with E-state index in [9.17, 15) is 0 Å². The van der Waals surface area contributed by atoms with Gasteiger partial charge >= 0.3 is 0 Å². The average Bonchev–Trinajstić information content (AvgIpc) is 3.43. The summed E-state index contributed by atoms with van der Waals surface area (Å²) in [7, 11) is 0. The van der Waals surface area contributed by atoms with Crippen LogP contribution >= 0.6 is 46.6 Å². The summed E-state index contributed by atoms with van der Waals surface area (Å²) in [4.78, 5) is 9.35. The molecule has 0 spiro atoms. The molecule has 1 aliphatic carbocycles. The van der Waals surface area contributed by atoms with Gasteiger partial charge in [0.15, 0.2) is 8.68 Å². The van der Waals surface area contributed by atoms with Crippen LogP contribution in [0.5, 0.6) is 0 Å². The zero-order valence-corrected chi connectivity index (χ0v) is 23.9. The van der Waals surface area contributed by atoms with Crippen LogP contribution in [0.2, 0.25) is 0 Å². The molecule has 1 fully saturated rings. The molecule has 2 aromatic heterocycles. The van der Waals surface area contributed by atoms with Crippen molar-refractivity contribution < 1.29 is 1.43 Å². The van der Waals surface area contributed by atoms with E-state index < -0.39 is 0 Å². The molecule has 1 aliphatic rings. The Hall–Kier alpha value is -1.16. The van der Waals surface area contributed by atoms with Crippen LogP contribution in [0.1, 0.15) is 65.4 Å². The highest BCUT2D eigenvalue weighted by Gasteiger charge is 2.15. The van der Waals surface area contributed by atoms with Gasteiger partial charge < -0.3 is 0 Å². The van der Waals surface area contributed by atoms with Crippen LogP contribution in [0, 0.1) is 13.8 Å². The van der Waals surface area contributed by atoms with Crippen molar-refractivity contribution in [3.8, 4) is 0 Å². The predicted molar refractivity (Wildman–Crippen MR) is 155 cm³/mol. The fourth-order valence-electron chi connectivity index (χ4n) is 3.77. The first-order valence-electron chi connectivity index (χ1n) is 11.9. The molecule has 34 heavy (non-hydrogen) atoms. The minimum atomic E-state index is 0. The number of aromatic nitrogens is 2. The van der Waals surface area contributed by atoms with Crippen molar-refractivity contribution in [3.63, 3.8) is 0 Å². The van der Waals surface area contributed by atoms with E-state index in [2.05, 4.69) is 85.4 Å². The van der Waals surface area contributed by atoms with Gasteiger partial charge in [0.2, 0.25) is 0 Å². The first kappa shape index (κ1) is 25.9. The van der Waals surface area contributed by atoms with Crippen molar-refractivity contribution in [2.24, 2.45) is 0 Å². The van der Waals surface area contributed by atoms with Crippen molar-refractivity contribution in [3.05, 3.63) is 47.5 Å². The first-order chi connectivity index (χ1) is 16.3. The number of nitrogens with one attached hydrogen (secondary N) is 2. The second kappa shape index (κ2) is 11.7. The fourth-order valence-corrected chi connectivity index (χ4v) is 7.63. The van der Waals surface area contributed by atoms with Gasteiger partial charge in [0.25, 0.3) is 0 Å². The number of hydrogen-bond acceptors (Lipinski definition) is 8. The van der Waals surface area contributed by atoms with E-state index in [4.69, 9.17) is 4.98 Å². The van der Waals surface area contributed by atoms with Crippen molar-refractivity contribution >= 4 is 67.0 Å². The molecular formula is C26H36N4S4. The van der Waals surface area contributed by atoms with Crippen LogP contribution in [-0.4, -0.2) is 21.5 Å². The second-order valence-corrected chi connectivity index (χ2v) is 14.0. The van der Waals surface area contributed by atoms with Gasteiger partial charge in [-0.1, -0.05) is 43.5 Å². The van der Waals surface area contributed by atoms with Gasteiger partial charge in [-0.05, 0) is 94.6 Å². The minimum absolute atomic E-state index is 0. The number of aryl methyl sites for hydroxylation is 2. The molecule has 2 N–H and O–H groups in total. The van der Waals surface area contributed by atoms with Gasteiger partial charge in [0.05, 0.1) is 20.4 Å². The highest BCUT2D eigenvalue weighted by Crippen LogP contribution is 2.32. The zero-order chi connectivity index (χ0) is 24.1. The summed E-state index contributed by atoms with van der Waals surface area (Å²) in [6.07, 6.45) is 6.78. The van der Waals surface area contributed by atoms with E-state index in [-0.39, 0.29) is 6.97 Å². The van der Waals surface area contributed by atoms with Crippen LogP contribution in [0.4, 0.5) is 0 Å². The van der Waals surface area contributed by atoms with E-state index in [0.29, 0.717) is 6.04 Å². The third-order valence-electron chi connectivity index (χ3n) is 5.56. The van der Waals surface area contributed by atoms with E-state index >= 15 is 0 Å². The fraction of sp³-hybridized carbons (Fsp3) is 0.462. The third-order valence-corrected chi connectivity index (χ3v) is 9.89. The van der Waals surface area contributed by atoms with Crippen molar-refractivity contribution in [1.29, 1.82) is 0 Å². The second-order valence-electron chi connectivity index (χ2n) is 9.81. The molecule has 4 nitrogen and oxygen atoms in total. The number of fused-ring (bicyclic) bond motifs is 2. The number of para-hydroxylation sites is 2. The largest absolute Gasteiger partial charge is 0.255 e. The lowest BCUT2D eigenvalue weighted by Gasteiger charge is -2.21. The van der Waals surface area contributed by atoms with Crippen LogP contribution in [0.3, 0.4) is 0 Å². The molecule has 0 bridgehead atoms. The summed E-state index contributed by atoms with van der Waals surface area (Å²) in [6.45, 7) is 10.7. The Bertz CT molecular complexity index is 1230. The summed E-state index contributed by atoms with van der Waals surface area (Å²) < 4.78 is 11.7. The molecule has 0 unspecified atom stereocenters. The van der Waals surface area contributed by atoms with E-state index in [1.807, 2.05) is 0 Å². The maximum atomic E-state index is 4.72. The van der Waals surface area contributed by atoms with E-state index in [0.717, 1.165) is 19.7 Å². The van der Waals surface area contributed by atoms with Crippen molar-refractivity contribution in [2.75, 3.05) is 0 Å². The first-order valence-corrected chi connectivity index (χ1v) is 15.1. The minimum Gasteiger partial charge on any atom is -0.255 e. The Labute approximate surface area is 221 Å². The SMILES string of the molecule is Cc1cccc2sc(SNC(C)(C)C)nc12.Cc1cccc2sc(SNC3CCCCC3)nc12.[HH]. The molecule has 0 amide bonds. The Morgan fingerprint density at radius 2 is 1.35 bits per heavy atom. The molecule has 0 radical (unpaired) electrons. The van der Waals surface area contributed by atoms with Gasteiger partial charge in [-0.2, -0.15) is 0 Å². The third kappa shape index (κ3) is 7.18. The van der Waals surface area contributed by atoms with E-state index in [1.54, 1.807) is 46.6 Å². The Kier molecular flexibility index (Phi) is 8.93. The number of hydrogen-bond donors (Lipinski definition) is 2. The number of thiazole rings is 2. The summed E-state index contributed by atoms with van der Waals surface area (Å²) in [6, 6.07) is 13.4. The van der Waals surface area contributed by atoms with Gasteiger partial charge in [0.1, 0.15) is 0 Å². The summed E-state index contributed by atoms with van der Waals surface area (Å²) in [5.41, 5.74) is 4.92. The van der Waals surface area contributed by atoms with Crippen LogP contribution < -0.4 is 9.44 Å². The van der Waals surface area contributed by atoms with Crippen LogP contribution in [-0.2, 0) is 0 Å². The highest BCUT2D eigenvalue weighted by atomic mass is 32.2. The molecule has 5 rings (SSSR count). The van der Waals surface area contributed by atoms with Gasteiger partial charge in [-0.3, -0.25) is 9.44 Å². The lowest BCUT2D eigenvalue weighted by Crippen LogP contribution is -2.29. The van der Waals surface area contributed by atoms with Crippen LogP contribution in [0.25, 0.3) is 20.4 Å². The molecule has 8 heteroatoms. The monoisotopic (exact) mass is 532 g/mol. The number of benzene rings is 2. The van der Waals surface area contributed by atoms with Gasteiger partial charge in [-0.25, -0.2) is 9.97 Å². The molecule has 4 aromatic rings. The average molecular weight is 533 g/mol. The molecule has 184 valence electrons. The highest BCUT2D eigenvalue weighted by molar-refractivity contribution is 7.99. The topological polar surface area (TPSA) is 49.8 Å². The Morgan fingerprint density at radius 3 is 1.85 bits per heavy atom. The summed E-state index contributed by atoms with van der Waals surface area (Å²) >= 11 is 6.87. The summed E-state index contributed by atoms with van der Waals surface area (Å²) in [5, 5.41) is 0. The molecule has 0 aliphatic heterocycles. The smallest absolute Gasteiger partial charge is 0.166 e. The zero-order valence-electron chi connectivity index (χ0n) is 20.6. The quantitative estimate of drug-likeness (QED) is 0.251. The van der Waals surface area contributed by atoms with Crippen molar-refractivity contribution in [1.82, 2.24) is 19.4 Å². The lowest BCUT2D eigenvalue weighted by molar-refractivity contribution is 0.423. The molecule has 0 atom stereocenters. The lowest BCUT2D eigenvalue weighted by atomic mass is 9.96. The molecule has 2 heterocycles. The maximum absolute atomic E-state index is 4.72. The van der Waals surface area contributed by atoms with Crippen molar-refractivity contribution in [2.45, 2.75) is 87.0 Å². The Balaban J connectivity index is 0.000000192. The summed E-state index contributed by atoms with van der Waals surface area (Å²) in [5.74, 6) is 0. The van der Waals surface area contributed by atoms with Gasteiger partial charge in [0, 0.05) is 13.0 Å². The molecule has 1 saturated carbocycles. The standard InChI is InChI=1S/C14H18N2S2.C12H16N2S2.H2/c1-10-6-5-9-12-13(10)15-14(17-12)18-16-11-7-3-2-4-8-11;1-8-6-5-7-9-10(8)13-11(15-9)16-14-12(2,3)4;/h5-6,9,11,16H,2-4,7-8H2,1H3;5-7,14H,1-4H3;1H. The number of rotatable bonds is 5. The molecule has 0 saturated heterocycles. The van der Waals surface area contributed by atoms with E-state index in [1.165, 1.54) is 52.6 Å². The maximum Gasteiger partial charge on any atom is 0.166 e. The van der Waals surface area contributed by atoms with Gasteiger partial charge in [-0.15, -0.1) is 22.7 Å². The molecule has 2 aromatic carbocycles. The predicted octanol–water partition coefficient (Wildman–Crippen LogP) is 8.78. The number of nitrogens with zero attached hydrogens (tertiary/aromatic N) is 2. The van der Waals surface area contributed by atoms with Crippen LogP contribution in [0.15, 0.2) is 45.1 Å². The molecular weight excluding hydrogens is 497 g/mol.